The topological polar surface area (TPSA) is 49.4 Å². The van der Waals surface area contributed by atoms with Crippen molar-refractivity contribution in [2.45, 2.75) is 17.7 Å². The molecule has 0 fully saturated rings. The molecule has 1 aliphatic heterocycles. The second-order valence-corrected chi connectivity index (χ2v) is 10.3. The number of hydrogen-bond donors (Lipinski definition) is 1. The second-order valence-electron chi connectivity index (χ2n) is 8.38. The maximum atomic E-state index is 13.5. The van der Waals surface area contributed by atoms with E-state index in [0.717, 1.165) is 29.1 Å². The Balaban J connectivity index is 1.28. The maximum absolute atomic E-state index is 13.5. The molecule has 4 nitrogen and oxygen atoms in total. The predicted octanol–water partition coefficient (Wildman–Crippen LogP) is 7.80. The monoisotopic (exact) mass is 532 g/mol. The van der Waals surface area contributed by atoms with Gasteiger partial charge in [-0.05, 0) is 78.6 Å². The minimum absolute atomic E-state index is 0.0246. The average molecular weight is 533 g/mol. The summed E-state index contributed by atoms with van der Waals surface area (Å²) in [6.07, 6.45) is 1.80. The summed E-state index contributed by atoms with van der Waals surface area (Å²) in [4.78, 5) is 28.8. The smallest absolute Gasteiger partial charge is 0.257 e. The van der Waals surface area contributed by atoms with E-state index in [2.05, 4.69) is 17.4 Å². The fourth-order valence-corrected chi connectivity index (χ4v) is 5.51. The van der Waals surface area contributed by atoms with Gasteiger partial charge in [-0.15, -0.1) is 11.8 Å². The number of thioether (sulfide) groups is 1. The summed E-state index contributed by atoms with van der Waals surface area (Å²) in [7, 11) is 0. The van der Waals surface area contributed by atoms with Gasteiger partial charge in [0, 0.05) is 15.6 Å². The Morgan fingerprint density at radius 3 is 2.03 bits per heavy atom. The number of benzene rings is 4. The van der Waals surface area contributed by atoms with Crippen LogP contribution in [0.2, 0.25) is 10.0 Å². The highest BCUT2D eigenvalue weighted by Gasteiger charge is 2.25. The van der Waals surface area contributed by atoms with Crippen LogP contribution in [0.3, 0.4) is 0 Å². The Morgan fingerprint density at radius 1 is 0.806 bits per heavy atom. The first kappa shape index (κ1) is 24.4. The molecule has 180 valence electrons. The molecule has 4 aromatic rings. The lowest BCUT2D eigenvalue weighted by Gasteiger charge is -2.25. The van der Waals surface area contributed by atoms with E-state index in [9.17, 15) is 9.59 Å². The third-order valence-electron chi connectivity index (χ3n) is 6.03. The number of aryl methyl sites for hydroxylation is 2. The fraction of sp³-hybridized carbons (Fsp3) is 0.103. The Morgan fingerprint density at radius 2 is 1.42 bits per heavy atom. The van der Waals surface area contributed by atoms with Gasteiger partial charge in [0.1, 0.15) is 0 Å². The maximum Gasteiger partial charge on any atom is 0.257 e. The van der Waals surface area contributed by atoms with Gasteiger partial charge in [0.15, 0.2) is 0 Å². The number of para-hydroxylation sites is 2. The van der Waals surface area contributed by atoms with Crippen LogP contribution in [0.15, 0.2) is 95.9 Å². The highest BCUT2D eigenvalue weighted by Crippen LogP contribution is 2.37. The number of hydrogen-bond acceptors (Lipinski definition) is 3. The Labute approximate surface area is 224 Å². The molecule has 0 unspecified atom stereocenters. The summed E-state index contributed by atoms with van der Waals surface area (Å²) < 4.78 is 0. The molecule has 0 atom stereocenters. The number of fused-ring (bicyclic) bond motifs is 2. The summed E-state index contributed by atoms with van der Waals surface area (Å²) >= 11 is 13.5. The summed E-state index contributed by atoms with van der Waals surface area (Å²) in [6, 6.07) is 28.4. The number of amides is 2. The third kappa shape index (κ3) is 5.29. The Hall–Kier alpha value is -3.25. The van der Waals surface area contributed by atoms with Gasteiger partial charge < -0.3 is 5.32 Å². The van der Waals surface area contributed by atoms with Gasteiger partial charge in [0.2, 0.25) is 5.91 Å². The van der Waals surface area contributed by atoms with Crippen molar-refractivity contribution in [2.24, 2.45) is 0 Å². The van der Waals surface area contributed by atoms with Crippen molar-refractivity contribution in [1.82, 2.24) is 0 Å². The van der Waals surface area contributed by atoms with Crippen LogP contribution in [-0.4, -0.2) is 17.6 Å². The summed E-state index contributed by atoms with van der Waals surface area (Å²) in [5.41, 5.74) is 5.24. The second kappa shape index (κ2) is 10.8. The molecule has 1 heterocycles. The van der Waals surface area contributed by atoms with Crippen molar-refractivity contribution in [3.05, 3.63) is 118 Å². The van der Waals surface area contributed by atoms with Gasteiger partial charge in [-0.3, -0.25) is 14.5 Å². The number of anilines is 3. The van der Waals surface area contributed by atoms with Crippen LogP contribution >= 0.6 is 35.0 Å². The molecule has 1 N–H and O–H groups in total. The molecule has 4 aromatic carbocycles. The molecule has 1 aliphatic rings. The van der Waals surface area contributed by atoms with Gasteiger partial charge >= 0.3 is 0 Å². The largest absolute Gasteiger partial charge is 0.322 e. The molecular formula is C29H22Cl2N2O2S. The molecule has 0 bridgehead atoms. The minimum atomic E-state index is -0.314. The van der Waals surface area contributed by atoms with E-state index >= 15 is 0 Å². The summed E-state index contributed by atoms with van der Waals surface area (Å²) in [5, 5.41) is 3.61. The van der Waals surface area contributed by atoms with Gasteiger partial charge in [0.05, 0.1) is 27.7 Å². The van der Waals surface area contributed by atoms with E-state index < -0.39 is 0 Å². The van der Waals surface area contributed by atoms with Crippen LogP contribution < -0.4 is 10.2 Å². The van der Waals surface area contributed by atoms with E-state index in [0.29, 0.717) is 21.3 Å². The van der Waals surface area contributed by atoms with Crippen molar-refractivity contribution in [1.29, 1.82) is 0 Å². The molecule has 0 aliphatic carbocycles. The Kier molecular flexibility index (Phi) is 7.33. The van der Waals surface area contributed by atoms with Gasteiger partial charge in [-0.1, -0.05) is 59.6 Å². The molecule has 0 spiro atoms. The number of nitrogens with zero attached hydrogens (tertiary/aromatic N) is 1. The molecule has 5 rings (SSSR count). The number of nitrogens with one attached hydrogen (secondary N) is 1. The average Bonchev–Trinajstić information content (AvgIpc) is 3.05. The van der Waals surface area contributed by atoms with Crippen LogP contribution in [0, 0.1) is 0 Å². The minimum Gasteiger partial charge on any atom is -0.322 e. The predicted molar refractivity (Wildman–Crippen MR) is 149 cm³/mol. The first-order valence-corrected chi connectivity index (χ1v) is 13.2. The number of carbonyl (C=O) groups is 2. The van der Waals surface area contributed by atoms with Crippen LogP contribution in [0.1, 0.15) is 21.5 Å². The quantitative estimate of drug-likeness (QED) is 0.266. The molecule has 0 aromatic heterocycles. The van der Waals surface area contributed by atoms with Crippen molar-refractivity contribution in [3.63, 3.8) is 0 Å². The summed E-state index contributed by atoms with van der Waals surface area (Å²) in [5.74, 6) is -0.00307. The Bertz CT molecular complexity index is 1390. The van der Waals surface area contributed by atoms with E-state index in [-0.39, 0.29) is 17.6 Å². The molecule has 2 amide bonds. The van der Waals surface area contributed by atoms with Gasteiger partial charge in [0.25, 0.3) is 5.91 Å². The lowest BCUT2D eigenvalue weighted by atomic mass is 10.0. The molecule has 0 radical (unpaired) electrons. The lowest BCUT2D eigenvalue weighted by Crippen LogP contribution is -2.28. The van der Waals surface area contributed by atoms with Crippen molar-refractivity contribution < 1.29 is 9.59 Å². The molecule has 0 saturated carbocycles. The van der Waals surface area contributed by atoms with Crippen LogP contribution in [0.25, 0.3) is 0 Å². The van der Waals surface area contributed by atoms with Crippen molar-refractivity contribution in [3.8, 4) is 0 Å². The molecular weight excluding hydrogens is 511 g/mol. The van der Waals surface area contributed by atoms with Crippen molar-refractivity contribution in [2.75, 3.05) is 16.0 Å². The van der Waals surface area contributed by atoms with E-state index in [4.69, 9.17) is 23.2 Å². The normalized spacial score (nSPS) is 12.3. The van der Waals surface area contributed by atoms with Gasteiger partial charge in [-0.25, -0.2) is 0 Å². The van der Waals surface area contributed by atoms with Crippen LogP contribution in [0.5, 0.6) is 0 Å². The van der Waals surface area contributed by atoms with Crippen molar-refractivity contribution >= 4 is 63.8 Å². The third-order valence-corrected chi connectivity index (χ3v) is 7.57. The van der Waals surface area contributed by atoms with Crippen LogP contribution in [0.4, 0.5) is 17.1 Å². The van der Waals surface area contributed by atoms with E-state index in [1.165, 1.54) is 29.0 Å². The molecule has 0 saturated heterocycles. The highest BCUT2D eigenvalue weighted by molar-refractivity contribution is 8.00. The van der Waals surface area contributed by atoms with E-state index in [1.807, 2.05) is 65.6 Å². The zero-order chi connectivity index (χ0) is 25.1. The lowest BCUT2D eigenvalue weighted by molar-refractivity contribution is -0.115. The molecule has 36 heavy (non-hydrogen) atoms. The standard InChI is InChI=1S/C29H22Cl2N2O2S/c30-21-11-16-24(25(31)17-21)29(35)32-22-12-14-23(15-13-22)36-18-28(34)33-26-7-3-1-5-19(26)9-10-20-6-2-4-8-27(20)33/h1-8,11-17H,9-10,18H2,(H,32,35). The van der Waals surface area contributed by atoms with E-state index in [1.54, 1.807) is 12.1 Å². The number of halogens is 2. The number of carbonyl (C=O) groups excluding carboxylic acids is 2. The fourth-order valence-electron chi connectivity index (χ4n) is 4.26. The SMILES string of the molecule is O=C(Nc1ccc(SCC(=O)N2c3ccccc3CCc3ccccc32)cc1)c1ccc(Cl)cc1Cl. The highest BCUT2D eigenvalue weighted by atomic mass is 35.5. The molecule has 7 heteroatoms. The zero-order valence-electron chi connectivity index (χ0n) is 19.2. The summed E-state index contributed by atoms with van der Waals surface area (Å²) in [6.45, 7) is 0. The van der Waals surface area contributed by atoms with Crippen LogP contribution in [-0.2, 0) is 17.6 Å². The zero-order valence-corrected chi connectivity index (χ0v) is 21.5. The van der Waals surface area contributed by atoms with Gasteiger partial charge in [-0.2, -0.15) is 0 Å². The number of rotatable bonds is 5. The first-order chi connectivity index (χ1) is 17.5. The first-order valence-electron chi connectivity index (χ1n) is 11.5.